The Morgan fingerprint density at radius 3 is 2.47 bits per heavy atom. The first kappa shape index (κ1) is 23.7. The van der Waals surface area contributed by atoms with Gasteiger partial charge in [-0.15, -0.1) is 0 Å². The number of nitrogens with one attached hydrogen (secondary N) is 1. The van der Waals surface area contributed by atoms with Crippen LogP contribution >= 0.6 is 0 Å². The van der Waals surface area contributed by atoms with Crippen LogP contribution in [-0.2, 0) is 14.8 Å². The molecule has 1 N–H and O–H groups in total. The number of benzene rings is 2. The SMILES string of the molecule is CCOc1ccccc1N(CCCC(=O)NC(C)c1ccc(C)c(C)c1)S(C)(=O)=O. The number of nitrogens with zero attached hydrogens (tertiary/aromatic N) is 1. The molecule has 0 aliphatic carbocycles. The highest BCUT2D eigenvalue weighted by Crippen LogP contribution is 2.30. The fourth-order valence-electron chi connectivity index (χ4n) is 3.22. The molecule has 1 atom stereocenters. The topological polar surface area (TPSA) is 75.7 Å². The summed E-state index contributed by atoms with van der Waals surface area (Å²) >= 11 is 0. The van der Waals surface area contributed by atoms with Crippen molar-refractivity contribution in [2.75, 3.05) is 23.7 Å². The monoisotopic (exact) mass is 432 g/mol. The zero-order valence-electron chi connectivity index (χ0n) is 18.4. The van der Waals surface area contributed by atoms with Gasteiger partial charge in [0, 0.05) is 13.0 Å². The number of sulfonamides is 1. The molecule has 0 fully saturated rings. The Balaban J connectivity index is 2.00. The highest BCUT2D eigenvalue weighted by atomic mass is 32.2. The number of hydrogen-bond acceptors (Lipinski definition) is 4. The van der Waals surface area contributed by atoms with E-state index in [2.05, 4.69) is 18.3 Å². The smallest absolute Gasteiger partial charge is 0.232 e. The van der Waals surface area contributed by atoms with Gasteiger partial charge in [-0.1, -0.05) is 30.3 Å². The average Bonchev–Trinajstić information content (AvgIpc) is 2.67. The lowest BCUT2D eigenvalue weighted by Gasteiger charge is -2.24. The van der Waals surface area contributed by atoms with Gasteiger partial charge >= 0.3 is 0 Å². The Hall–Kier alpha value is -2.54. The Morgan fingerprint density at radius 2 is 1.83 bits per heavy atom. The van der Waals surface area contributed by atoms with E-state index in [1.165, 1.54) is 15.4 Å². The number of para-hydroxylation sites is 2. The Morgan fingerprint density at radius 1 is 1.13 bits per heavy atom. The van der Waals surface area contributed by atoms with E-state index < -0.39 is 10.0 Å². The van der Waals surface area contributed by atoms with Gasteiger partial charge in [0.1, 0.15) is 5.75 Å². The summed E-state index contributed by atoms with van der Waals surface area (Å²) in [5.74, 6) is 0.408. The molecule has 0 aliphatic heterocycles. The molecule has 0 bridgehead atoms. The molecule has 2 rings (SSSR count). The lowest BCUT2D eigenvalue weighted by Crippen LogP contribution is -2.33. The van der Waals surface area contributed by atoms with E-state index in [4.69, 9.17) is 4.74 Å². The highest BCUT2D eigenvalue weighted by Gasteiger charge is 2.21. The first-order valence-corrected chi connectivity index (χ1v) is 12.0. The van der Waals surface area contributed by atoms with Gasteiger partial charge in [0.25, 0.3) is 0 Å². The number of rotatable bonds is 10. The first-order chi connectivity index (χ1) is 14.1. The molecule has 0 radical (unpaired) electrons. The van der Waals surface area contributed by atoms with Crippen molar-refractivity contribution in [3.8, 4) is 5.75 Å². The van der Waals surface area contributed by atoms with Crippen LogP contribution in [0.5, 0.6) is 5.75 Å². The number of hydrogen-bond donors (Lipinski definition) is 1. The molecule has 0 aromatic heterocycles. The molecule has 0 heterocycles. The number of aryl methyl sites for hydroxylation is 2. The van der Waals surface area contributed by atoms with Crippen LogP contribution in [-0.4, -0.2) is 33.7 Å². The lowest BCUT2D eigenvalue weighted by atomic mass is 10.0. The van der Waals surface area contributed by atoms with Crippen molar-refractivity contribution in [2.45, 2.75) is 46.6 Å². The molecule has 0 aliphatic rings. The first-order valence-electron chi connectivity index (χ1n) is 10.2. The molecule has 0 saturated carbocycles. The highest BCUT2D eigenvalue weighted by molar-refractivity contribution is 7.92. The Labute approximate surface area is 180 Å². The molecular formula is C23H32N2O4S. The fraction of sp³-hybridized carbons (Fsp3) is 0.435. The van der Waals surface area contributed by atoms with Crippen LogP contribution in [0.2, 0.25) is 0 Å². The van der Waals surface area contributed by atoms with Crippen molar-refractivity contribution in [3.63, 3.8) is 0 Å². The van der Waals surface area contributed by atoms with Crippen molar-refractivity contribution in [2.24, 2.45) is 0 Å². The summed E-state index contributed by atoms with van der Waals surface area (Å²) in [7, 11) is -3.51. The van der Waals surface area contributed by atoms with Crippen molar-refractivity contribution >= 4 is 21.6 Å². The van der Waals surface area contributed by atoms with Crippen LogP contribution in [0.3, 0.4) is 0 Å². The zero-order chi connectivity index (χ0) is 22.3. The van der Waals surface area contributed by atoms with Crippen LogP contribution in [0, 0.1) is 13.8 Å². The van der Waals surface area contributed by atoms with Crippen LogP contribution in [0.4, 0.5) is 5.69 Å². The van der Waals surface area contributed by atoms with E-state index in [1.54, 1.807) is 24.3 Å². The van der Waals surface area contributed by atoms with Gasteiger partial charge in [0.15, 0.2) is 0 Å². The Bertz CT molecular complexity index is 973. The maximum absolute atomic E-state index is 12.4. The molecule has 0 saturated heterocycles. The van der Waals surface area contributed by atoms with Crippen LogP contribution in [0.15, 0.2) is 42.5 Å². The molecule has 2 aromatic carbocycles. The summed E-state index contributed by atoms with van der Waals surface area (Å²) in [5.41, 5.74) is 3.94. The molecule has 1 unspecified atom stereocenters. The molecule has 7 heteroatoms. The maximum atomic E-state index is 12.4. The lowest BCUT2D eigenvalue weighted by molar-refractivity contribution is -0.121. The number of anilines is 1. The molecule has 6 nitrogen and oxygen atoms in total. The normalized spacial score (nSPS) is 12.3. The summed E-state index contributed by atoms with van der Waals surface area (Å²) in [6.07, 6.45) is 1.80. The van der Waals surface area contributed by atoms with Gasteiger partial charge in [-0.2, -0.15) is 0 Å². The van der Waals surface area contributed by atoms with Crippen molar-refractivity contribution < 1.29 is 17.9 Å². The third-order valence-electron chi connectivity index (χ3n) is 5.01. The van der Waals surface area contributed by atoms with Crippen molar-refractivity contribution in [1.29, 1.82) is 0 Å². The van der Waals surface area contributed by atoms with E-state index in [9.17, 15) is 13.2 Å². The van der Waals surface area contributed by atoms with Gasteiger partial charge in [-0.25, -0.2) is 8.42 Å². The van der Waals surface area contributed by atoms with E-state index in [0.717, 1.165) is 11.8 Å². The van der Waals surface area contributed by atoms with Crippen LogP contribution in [0.25, 0.3) is 0 Å². The summed E-state index contributed by atoms with van der Waals surface area (Å²) in [4.78, 5) is 12.4. The molecular weight excluding hydrogens is 400 g/mol. The minimum Gasteiger partial charge on any atom is -0.492 e. The van der Waals surface area contributed by atoms with E-state index in [0.29, 0.717) is 24.5 Å². The third-order valence-corrected chi connectivity index (χ3v) is 6.19. The van der Waals surface area contributed by atoms with Crippen LogP contribution < -0.4 is 14.4 Å². The summed E-state index contributed by atoms with van der Waals surface area (Å²) < 4.78 is 31.6. The molecule has 0 spiro atoms. The van der Waals surface area contributed by atoms with E-state index >= 15 is 0 Å². The number of carbonyl (C=O) groups excluding carboxylic acids is 1. The second-order valence-corrected chi connectivity index (χ2v) is 9.38. The minimum absolute atomic E-state index is 0.104. The molecule has 30 heavy (non-hydrogen) atoms. The number of amides is 1. The van der Waals surface area contributed by atoms with Gasteiger partial charge in [0.05, 0.1) is 24.6 Å². The fourth-order valence-corrected chi connectivity index (χ4v) is 4.19. The molecule has 164 valence electrons. The average molecular weight is 433 g/mol. The summed E-state index contributed by atoms with van der Waals surface area (Å²) in [6, 6.07) is 13.1. The van der Waals surface area contributed by atoms with Crippen LogP contribution in [0.1, 0.15) is 49.4 Å². The number of carbonyl (C=O) groups is 1. The third kappa shape index (κ3) is 6.49. The van der Waals surface area contributed by atoms with Crippen molar-refractivity contribution in [3.05, 3.63) is 59.2 Å². The van der Waals surface area contributed by atoms with E-state index in [-0.39, 0.29) is 24.9 Å². The van der Waals surface area contributed by atoms with Crippen molar-refractivity contribution in [1.82, 2.24) is 5.32 Å². The minimum atomic E-state index is -3.51. The second kappa shape index (κ2) is 10.5. The standard InChI is InChI=1S/C23H32N2O4S/c1-6-29-22-11-8-7-10-21(22)25(30(5,27)28)15-9-12-23(26)24-19(4)20-14-13-17(2)18(3)16-20/h7-8,10-11,13-14,16,19H,6,9,12,15H2,1-5H3,(H,24,26). The van der Waals surface area contributed by atoms with Gasteiger partial charge in [-0.05, 0) is 62.9 Å². The Kier molecular flexibility index (Phi) is 8.29. The number of ether oxygens (including phenoxy) is 1. The predicted octanol–water partition coefficient (Wildman–Crippen LogP) is 4.13. The molecule has 1 amide bonds. The van der Waals surface area contributed by atoms with Gasteiger partial charge in [0.2, 0.25) is 15.9 Å². The van der Waals surface area contributed by atoms with E-state index in [1.807, 2.05) is 32.9 Å². The largest absolute Gasteiger partial charge is 0.492 e. The molecule has 2 aromatic rings. The predicted molar refractivity (Wildman–Crippen MR) is 122 cm³/mol. The summed E-state index contributed by atoms with van der Waals surface area (Å²) in [5, 5.41) is 3.00. The second-order valence-electron chi connectivity index (χ2n) is 7.47. The quantitative estimate of drug-likeness (QED) is 0.613. The summed E-state index contributed by atoms with van der Waals surface area (Å²) in [6.45, 7) is 8.54. The maximum Gasteiger partial charge on any atom is 0.232 e. The zero-order valence-corrected chi connectivity index (χ0v) is 19.3. The van der Waals surface area contributed by atoms with Gasteiger partial charge < -0.3 is 10.1 Å². The van der Waals surface area contributed by atoms with Gasteiger partial charge in [-0.3, -0.25) is 9.10 Å².